The fourth-order valence-corrected chi connectivity index (χ4v) is 2.89. The number of carboxylic acids is 1. The Hall–Kier alpha value is -3.12. The van der Waals surface area contributed by atoms with Gasteiger partial charge in [0, 0.05) is 17.3 Å². The first-order valence-electron chi connectivity index (χ1n) is 8.33. The SMILES string of the molecule is Cc1cc(C(=O)NCc2ccccc2CC(=O)O)nn1-c1ccc(Cl)cc1. The summed E-state index contributed by atoms with van der Waals surface area (Å²) in [5.74, 6) is -1.23. The molecule has 0 fully saturated rings. The first kappa shape index (κ1) is 18.7. The van der Waals surface area contributed by atoms with E-state index < -0.39 is 5.97 Å². The Balaban J connectivity index is 1.73. The van der Waals surface area contributed by atoms with E-state index in [0.717, 1.165) is 16.9 Å². The van der Waals surface area contributed by atoms with E-state index >= 15 is 0 Å². The number of aliphatic carboxylic acids is 1. The molecule has 2 aromatic carbocycles. The highest BCUT2D eigenvalue weighted by atomic mass is 35.5. The smallest absolute Gasteiger partial charge is 0.307 e. The Kier molecular flexibility index (Phi) is 5.57. The summed E-state index contributed by atoms with van der Waals surface area (Å²) in [7, 11) is 0. The highest BCUT2D eigenvalue weighted by molar-refractivity contribution is 6.30. The monoisotopic (exact) mass is 383 g/mol. The molecule has 7 heteroatoms. The van der Waals surface area contributed by atoms with E-state index in [1.807, 2.05) is 25.1 Å². The van der Waals surface area contributed by atoms with Crippen molar-refractivity contribution in [3.05, 3.63) is 82.1 Å². The number of halogens is 1. The van der Waals surface area contributed by atoms with Crippen molar-refractivity contribution in [2.75, 3.05) is 0 Å². The first-order valence-corrected chi connectivity index (χ1v) is 8.71. The van der Waals surface area contributed by atoms with Crippen molar-refractivity contribution in [3.8, 4) is 5.69 Å². The summed E-state index contributed by atoms with van der Waals surface area (Å²) >= 11 is 5.91. The second-order valence-corrected chi connectivity index (χ2v) is 6.52. The third-order valence-corrected chi connectivity index (χ3v) is 4.34. The van der Waals surface area contributed by atoms with E-state index in [9.17, 15) is 9.59 Å². The van der Waals surface area contributed by atoms with Gasteiger partial charge in [0.05, 0.1) is 12.1 Å². The molecule has 27 heavy (non-hydrogen) atoms. The molecule has 0 saturated heterocycles. The van der Waals surface area contributed by atoms with Gasteiger partial charge in [0.15, 0.2) is 5.69 Å². The molecule has 0 unspecified atom stereocenters. The summed E-state index contributed by atoms with van der Waals surface area (Å²) in [5.41, 5.74) is 3.35. The topological polar surface area (TPSA) is 84.2 Å². The number of hydrogen-bond donors (Lipinski definition) is 2. The number of nitrogens with zero attached hydrogens (tertiary/aromatic N) is 2. The lowest BCUT2D eigenvalue weighted by Crippen LogP contribution is -2.24. The number of amides is 1. The van der Waals surface area contributed by atoms with Crippen molar-refractivity contribution in [3.63, 3.8) is 0 Å². The van der Waals surface area contributed by atoms with Crippen LogP contribution >= 0.6 is 11.6 Å². The predicted molar refractivity (Wildman–Crippen MR) is 102 cm³/mol. The van der Waals surface area contributed by atoms with Gasteiger partial charge in [0.1, 0.15) is 0 Å². The van der Waals surface area contributed by atoms with Gasteiger partial charge in [-0.1, -0.05) is 35.9 Å². The van der Waals surface area contributed by atoms with Gasteiger partial charge < -0.3 is 10.4 Å². The number of benzene rings is 2. The molecule has 0 bridgehead atoms. The molecule has 1 aromatic heterocycles. The van der Waals surface area contributed by atoms with Crippen molar-refractivity contribution >= 4 is 23.5 Å². The number of rotatable bonds is 6. The Morgan fingerprint density at radius 1 is 1.11 bits per heavy atom. The molecule has 1 amide bonds. The molecule has 0 saturated carbocycles. The van der Waals surface area contributed by atoms with Crippen LogP contribution in [0.4, 0.5) is 0 Å². The summed E-state index contributed by atoms with van der Waals surface area (Å²) < 4.78 is 1.67. The van der Waals surface area contributed by atoms with Crippen molar-refractivity contribution in [2.45, 2.75) is 19.9 Å². The quantitative estimate of drug-likeness (QED) is 0.683. The zero-order chi connectivity index (χ0) is 19.4. The van der Waals surface area contributed by atoms with Crippen LogP contribution < -0.4 is 5.32 Å². The van der Waals surface area contributed by atoms with E-state index in [1.54, 1.807) is 41.1 Å². The summed E-state index contributed by atoms with van der Waals surface area (Å²) in [5, 5.41) is 16.8. The van der Waals surface area contributed by atoms with Crippen LogP contribution in [-0.4, -0.2) is 26.8 Å². The molecule has 6 nitrogen and oxygen atoms in total. The van der Waals surface area contributed by atoms with Crippen LogP contribution in [0.5, 0.6) is 0 Å². The largest absolute Gasteiger partial charge is 0.481 e. The highest BCUT2D eigenvalue weighted by Crippen LogP contribution is 2.16. The Morgan fingerprint density at radius 2 is 1.78 bits per heavy atom. The summed E-state index contributed by atoms with van der Waals surface area (Å²) in [6, 6.07) is 16.0. The molecule has 0 radical (unpaired) electrons. The number of aryl methyl sites for hydroxylation is 1. The van der Waals surface area contributed by atoms with Gasteiger partial charge in [0.2, 0.25) is 0 Å². The normalized spacial score (nSPS) is 10.6. The molecule has 3 aromatic rings. The average molecular weight is 384 g/mol. The first-order chi connectivity index (χ1) is 12.9. The number of carboxylic acid groups (broad SMARTS) is 1. The summed E-state index contributed by atoms with van der Waals surface area (Å²) in [6.45, 7) is 2.09. The van der Waals surface area contributed by atoms with Gasteiger partial charge in [-0.15, -0.1) is 0 Å². The van der Waals surface area contributed by atoms with Gasteiger partial charge in [0.25, 0.3) is 5.91 Å². The number of carbonyl (C=O) groups excluding carboxylic acids is 1. The zero-order valence-electron chi connectivity index (χ0n) is 14.6. The van der Waals surface area contributed by atoms with Crippen LogP contribution in [0.25, 0.3) is 5.69 Å². The molecule has 2 N–H and O–H groups in total. The average Bonchev–Trinajstić information content (AvgIpc) is 3.03. The number of carbonyl (C=O) groups is 2. The molecular weight excluding hydrogens is 366 g/mol. The van der Waals surface area contributed by atoms with Crippen LogP contribution in [0.15, 0.2) is 54.6 Å². The molecule has 0 atom stereocenters. The van der Waals surface area contributed by atoms with Crippen molar-refractivity contribution in [1.29, 1.82) is 0 Å². The van der Waals surface area contributed by atoms with Crippen LogP contribution in [0.3, 0.4) is 0 Å². The van der Waals surface area contributed by atoms with Crippen molar-refractivity contribution in [1.82, 2.24) is 15.1 Å². The third kappa shape index (κ3) is 4.54. The molecular formula is C20H18ClN3O3. The van der Waals surface area contributed by atoms with E-state index in [4.69, 9.17) is 16.7 Å². The van der Waals surface area contributed by atoms with Crippen LogP contribution in [0.2, 0.25) is 5.02 Å². The number of nitrogens with one attached hydrogen (secondary N) is 1. The van der Waals surface area contributed by atoms with Gasteiger partial charge in [-0.2, -0.15) is 5.10 Å². The fourth-order valence-electron chi connectivity index (χ4n) is 2.76. The Morgan fingerprint density at radius 3 is 2.44 bits per heavy atom. The lowest BCUT2D eigenvalue weighted by molar-refractivity contribution is -0.136. The second-order valence-electron chi connectivity index (χ2n) is 6.08. The van der Waals surface area contributed by atoms with Crippen LogP contribution in [0, 0.1) is 6.92 Å². The van der Waals surface area contributed by atoms with Crippen molar-refractivity contribution < 1.29 is 14.7 Å². The maximum absolute atomic E-state index is 12.5. The fraction of sp³-hybridized carbons (Fsp3) is 0.150. The van der Waals surface area contributed by atoms with E-state index in [2.05, 4.69) is 10.4 Å². The predicted octanol–water partition coefficient (Wildman–Crippen LogP) is 3.39. The van der Waals surface area contributed by atoms with Crippen molar-refractivity contribution in [2.24, 2.45) is 0 Å². The molecule has 1 heterocycles. The van der Waals surface area contributed by atoms with Gasteiger partial charge in [-0.3, -0.25) is 9.59 Å². The lowest BCUT2D eigenvalue weighted by atomic mass is 10.0. The highest BCUT2D eigenvalue weighted by Gasteiger charge is 2.14. The minimum absolute atomic E-state index is 0.0870. The molecule has 0 aliphatic rings. The zero-order valence-corrected chi connectivity index (χ0v) is 15.4. The van der Waals surface area contributed by atoms with E-state index in [0.29, 0.717) is 10.6 Å². The Bertz CT molecular complexity index is 980. The summed E-state index contributed by atoms with van der Waals surface area (Å²) in [6.07, 6.45) is -0.0870. The molecule has 138 valence electrons. The third-order valence-electron chi connectivity index (χ3n) is 4.09. The van der Waals surface area contributed by atoms with Gasteiger partial charge >= 0.3 is 5.97 Å². The maximum Gasteiger partial charge on any atom is 0.307 e. The second kappa shape index (κ2) is 8.05. The van der Waals surface area contributed by atoms with E-state index in [-0.39, 0.29) is 24.6 Å². The van der Waals surface area contributed by atoms with Gasteiger partial charge in [-0.25, -0.2) is 4.68 Å². The van der Waals surface area contributed by atoms with Crippen LogP contribution in [-0.2, 0) is 17.8 Å². The minimum atomic E-state index is -0.911. The number of aromatic nitrogens is 2. The number of hydrogen-bond acceptors (Lipinski definition) is 3. The standard InChI is InChI=1S/C20H18ClN3O3/c1-13-10-18(23-24(13)17-8-6-16(21)7-9-17)20(27)22-12-15-5-3-2-4-14(15)11-19(25)26/h2-10H,11-12H2,1H3,(H,22,27)(H,25,26). The Labute approximate surface area is 161 Å². The molecule has 0 spiro atoms. The molecule has 3 rings (SSSR count). The summed E-state index contributed by atoms with van der Waals surface area (Å²) in [4.78, 5) is 23.4. The maximum atomic E-state index is 12.5. The molecule has 0 aliphatic heterocycles. The lowest BCUT2D eigenvalue weighted by Gasteiger charge is -2.08. The van der Waals surface area contributed by atoms with E-state index in [1.165, 1.54) is 0 Å². The minimum Gasteiger partial charge on any atom is -0.481 e. The molecule has 0 aliphatic carbocycles. The van der Waals surface area contributed by atoms with Crippen LogP contribution in [0.1, 0.15) is 27.3 Å². The van der Waals surface area contributed by atoms with Gasteiger partial charge in [-0.05, 0) is 48.4 Å².